The summed E-state index contributed by atoms with van der Waals surface area (Å²) in [5.41, 5.74) is 1.46. The fraction of sp³-hybridized carbons (Fsp3) is 0.125. The van der Waals surface area contributed by atoms with E-state index in [0.29, 0.717) is 22.9 Å². The van der Waals surface area contributed by atoms with E-state index < -0.39 is 0 Å². The number of benzene rings is 2. The summed E-state index contributed by atoms with van der Waals surface area (Å²) >= 11 is 8.03. The average Bonchev–Trinajstić information content (AvgIpc) is 2.53. The number of carbonyl (C=O) groups is 1. The molecule has 0 spiro atoms. The molecule has 0 aliphatic carbocycles. The molecule has 1 N–H and O–H groups in total. The first-order valence-electron chi connectivity index (χ1n) is 6.42. The van der Waals surface area contributed by atoms with Crippen molar-refractivity contribution in [2.24, 2.45) is 0 Å². The van der Waals surface area contributed by atoms with E-state index in [0.717, 1.165) is 9.13 Å². The summed E-state index contributed by atoms with van der Waals surface area (Å²) in [4.78, 5) is 12.1. The molecule has 2 rings (SSSR count). The van der Waals surface area contributed by atoms with Crippen LogP contribution in [0.1, 0.15) is 15.9 Å². The molecule has 2 aromatic carbocycles. The standard InChI is InChI=1S/C16H12ClIN2O2/c17-14-5-4-12(9-15(14)18)16(21)20-10-11-2-1-3-13(8-11)22-7-6-19/h1-5,8-9H,7,10H2,(H,20,21). The van der Waals surface area contributed by atoms with Gasteiger partial charge in [0.25, 0.3) is 5.91 Å². The van der Waals surface area contributed by atoms with Crippen LogP contribution in [0.4, 0.5) is 0 Å². The number of ether oxygens (including phenoxy) is 1. The lowest BCUT2D eigenvalue weighted by atomic mass is 10.2. The smallest absolute Gasteiger partial charge is 0.251 e. The molecule has 0 unspecified atom stereocenters. The van der Waals surface area contributed by atoms with Crippen molar-refractivity contribution in [3.63, 3.8) is 0 Å². The molecule has 0 saturated carbocycles. The molecule has 0 radical (unpaired) electrons. The molecule has 2 aromatic rings. The highest BCUT2D eigenvalue weighted by Crippen LogP contribution is 2.19. The molecule has 0 saturated heterocycles. The Kier molecular flexibility index (Phi) is 6.04. The molecule has 4 nitrogen and oxygen atoms in total. The molecule has 0 aromatic heterocycles. The molecule has 0 bridgehead atoms. The molecule has 0 atom stereocenters. The SMILES string of the molecule is N#CCOc1cccc(CNC(=O)c2ccc(Cl)c(I)c2)c1. The Labute approximate surface area is 147 Å². The number of amides is 1. The summed E-state index contributed by atoms with van der Waals surface area (Å²) in [7, 11) is 0. The van der Waals surface area contributed by atoms with Crippen molar-refractivity contribution < 1.29 is 9.53 Å². The number of carbonyl (C=O) groups excluding carboxylic acids is 1. The molecule has 112 valence electrons. The van der Waals surface area contributed by atoms with Crippen molar-refractivity contribution in [1.29, 1.82) is 5.26 Å². The van der Waals surface area contributed by atoms with Gasteiger partial charge in [0, 0.05) is 15.7 Å². The van der Waals surface area contributed by atoms with Crippen LogP contribution < -0.4 is 10.1 Å². The number of halogens is 2. The molecule has 0 aliphatic rings. The van der Waals surface area contributed by atoms with E-state index in [1.54, 1.807) is 30.3 Å². The largest absolute Gasteiger partial charge is 0.479 e. The Bertz CT molecular complexity index is 728. The number of nitriles is 1. The molecule has 0 fully saturated rings. The van der Waals surface area contributed by atoms with Gasteiger partial charge in [-0.1, -0.05) is 23.7 Å². The van der Waals surface area contributed by atoms with Crippen LogP contribution >= 0.6 is 34.2 Å². The number of nitrogens with zero attached hydrogens (tertiary/aromatic N) is 1. The van der Waals surface area contributed by atoms with Gasteiger partial charge >= 0.3 is 0 Å². The minimum atomic E-state index is -0.169. The maximum Gasteiger partial charge on any atom is 0.251 e. The Morgan fingerprint density at radius 2 is 2.14 bits per heavy atom. The van der Waals surface area contributed by atoms with E-state index in [1.165, 1.54) is 0 Å². The van der Waals surface area contributed by atoms with E-state index in [9.17, 15) is 4.79 Å². The Hall–Kier alpha value is -1.78. The third kappa shape index (κ3) is 4.61. The van der Waals surface area contributed by atoms with Gasteiger partial charge in [-0.3, -0.25) is 4.79 Å². The highest BCUT2D eigenvalue weighted by molar-refractivity contribution is 14.1. The van der Waals surface area contributed by atoms with Crippen LogP contribution in [-0.2, 0) is 6.54 Å². The topological polar surface area (TPSA) is 62.1 Å². The third-order valence-corrected chi connectivity index (χ3v) is 4.38. The van der Waals surface area contributed by atoms with Crippen LogP contribution in [0.15, 0.2) is 42.5 Å². The quantitative estimate of drug-likeness (QED) is 0.740. The summed E-state index contributed by atoms with van der Waals surface area (Å²) in [6.45, 7) is 0.376. The van der Waals surface area contributed by atoms with Crippen molar-refractivity contribution in [3.05, 3.63) is 62.2 Å². The normalized spacial score (nSPS) is 9.86. The maximum absolute atomic E-state index is 12.1. The van der Waals surface area contributed by atoms with E-state index in [1.807, 2.05) is 18.2 Å². The van der Waals surface area contributed by atoms with Gasteiger partial charge in [-0.15, -0.1) is 0 Å². The summed E-state index contributed by atoms with van der Waals surface area (Å²) in [5.74, 6) is 0.437. The predicted molar refractivity (Wildman–Crippen MR) is 92.9 cm³/mol. The zero-order valence-corrected chi connectivity index (χ0v) is 14.4. The van der Waals surface area contributed by atoms with Gasteiger partial charge in [0.1, 0.15) is 11.8 Å². The van der Waals surface area contributed by atoms with Crippen molar-refractivity contribution in [2.45, 2.75) is 6.54 Å². The van der Waals surface area contributed by atoms with E-state index in [4.69, 9.17) is 21.6 Å². The van der Waals surface area contributed by atoms with Crippen molar-refractivity contribution >= 4 is 40.1 Å². The second-order valence-electron chi connectivity index (χ2n) is 4.41. The van der Waals surface area contributed by atoms with Crippen molar-refractivity contribution in [3.8, 4) is 11.8 Å². The first-order valence-corrected chi connectivity index (χ1v) is 7.88. The van der Waals surface area contributed by atoms with Gasteiger partial charge in [-0.05, 0) is 58.5 Å². The Morgan fingerprint density at radius 1 is 1.32 bits per heavy atom. The molecular formula is C16H12ClIN2O2. The number of rotatable bonds is 5. The van der Waals surface area contributed by atoms with E-state index in [-0.39, 0.29) is 12.5 Å². The fourth-order valence-corrected chi connectivity index (χ4v) is 2.42. The summed E-state index contributed by atoms with van der Waals surface area (Å²) in [6.07, 6.45) is 0. The van der Waals surface area contributed by atoms with Crippen LogP contribution in [0.2, 0.25) is 5.02 Å². The predicted octanol–water partition coefficient (Wildman–Crippen LogP) is 3.78. The van der Waals surface area contributed by atoms with Crippen molar-refractivity contribution in [2.75, 3.05) is 6.61 Å². The lowest BCUT2D eigenvalue weighted by Gasteiger charge is -2.08. The molecular weight excluding hydrogens is 415 g/mol. The first-order chi connectivity index (χ1) is 10.6. The summed E-state index contributed by atoms with van der Waals surface area (Å²) < 4.78 is 6.06. The van der Waals surface area contributed by atoms with Gasteiger partial charge in [-0.2, -0.15) is 5.26 Å². The second kappa shape index (κ2) is 8.01. The first kappa shape index (κ1) is 16.6. The van der Waals surface area contributed by atoms with Gasteiger partial charge < -0.3 is 10.1 Å². The van der Waals surface area contributed by atoms with Crippen LogP contribution in [-0.4, -0.2) is 12.5 Å². The number of hydrogen-bond acceptors (Lipinski definition) is 3. The molecule has 0 aliphatic heterocycles. The Balaban J connectivity index is 1.98. The second-order valence-corrected chi connectivity index (χ2v) is 5.98. The Morgan fingerprint density at radius 3 is 2.86 bits per heavy atom. The molecule has 22 heavy (non-hydrogen) atoms. The van der Waals surface area contributed by atoms with Crippen LogP contribution in [0.25, 0.3) is 0 Å². The van der Waals surface area contributed by atoms with Crippen LogP contribution in [0, 0.1) is 14.9 Å². The van der Waals surface area contributed by atoms with Gasteiger partial charge in [-0.25, -0.2) is 0 Å². The van der Waals surface area contributed by atoms with Crippen LogP contribution in [0.3, 0.4) is 0 Å². The summed E-state index contributed by atoms with van der Waals surface area (Å²) in [6, 6.07) is 14.3. The van der Waals surface area contributed by atoms with Gasteiger partial charge in [0.15, 0.2) is 6.61 Å². The lowest BCUT2D eigenvalue weighted by Crippen LogP contribution is -2.22. The van der Waals surface area contributed by atoms with E-state index in [2.05, 4.69) is 27.9 Å². The fourth-order valence-electron chi connectivity index (χ4n) is 1.78. The molecule has 0 heterocycles. The molecule has 1 amide bonds. The van der Waals surface area contributed by atoms with Crippen LogP contribution in [0.5, 0.6) is 5.75 Å². The van der Waals surface area contributed by atoms with Crippen molar-refractivity contribution in [1.82, 2.24) is 5.32 Å². The summed E-state index contributed by atoms with van der Waals surface area (Å²) in [5, 5.41) is 12.0. The number of hydrogen-bond donors (Lipinski definition) is 1. The lowest BCUT2D eigenvalue weighted by molar-refractivity contribution is 0.0951. The van der Waals surface area contributed by atoms with Gasteiger partial charge in [0.05, 0.1) is 5.02 Å². The highest BCUT2D eigenvalue weighted by atomic mass is 127. The average molecular weight is 427 g/mol. The van der Waals surface area contributed by atoms with Gasteiger partial charge in [0.2, 0.25) is 0 Å². The zero-order valence-electron chi connectivity index (χ0n) is 11.5. The highest BCUT2D eigenvalue weighted by Gasteiger charge is 2.07. The minimum Gasteiger partial charge on any atom is -0.479 e. The zero-order chi connectivity index (χ0) is 15.9. The number of nitrogens with one attached hydrogen (secondary N) is 1. The monoisotopic (exact) mass is 426 g/mol. The molecule has 6 heteroatoms. The van der Waals surface area contributed by atoms with E-state index >= 15 is 0 Å². The maximum atomic E-state index is 12.1. The third-order valence-electron chi connectivity index (χ3n) is 2.84. The minimum absolute atomic E-state index is 0.000968.